The Morgan fingerprint density at radius 3 is 2.67 bits per heavy atom. The smallest absolute Gasteiger partial charge is 0.311 e. The largest absolute Gasteiger partial charge is 0.427 e. The number of hydrogen-bond acceptors (Lipinski definition) is 4. The molecule has 0 aliphatic heterocycles. The Kier molecular flexibility index (Phi) is 4.31. The first-order valence-electron chi connectivity index (χ1n) is 6.51. The number of halogens is 1. The van der Waals surface area contributed by atoms with Crippen LogP contribution >= 0.6 is 27.3 Å². The number of para-hydroxylation sites is 1. The summed E-state index contributed by atoms with van der Waals surface area (Å²) in [5.74, 6) is 0.323. The van der Waals surface area contributed by atoms with Crippen molar-refractivity contribution in [2.24, 2.45) is 0 Å². The topological polar surface area (TPSA) is 39.2 Å². The Morgan fingerprint density at radius 2 is 1.90 bits per heavy atom. The van der Waals surface area contributed by atoms with Gasteiger partial charge in [-0.1, -0.05) is 28.1 Å². The first kappa shape index (κ1) is 14.2. The van der Waals surface area contributed by atoms with Crippen molar-refractivity contribution in [2.45, 2.75) is 12.8 Å². The van der Waals surface area contributed by atoms with E-state index in [-0.39, 0.29) is 5.97 Å². The number of ether oxygens (including phenoxy) is 1. The van der Waals surface area contributed by atoms with E-state index < -0.39 is 0 Å². The molecule has 0 saturated carbocycles. The van der Waals surface area contributed by atoms with Crippen LogP contribution in [0, 0.1) is 0 Å². The van der Waals surface area contributed by atoms with Crippen molar-refractivity contribution in [2.75, 3.05) is 0 Å². The lowest BCUT2D eigenvalue weighted by Gasteiger charge is -2.03. The number of aryl methyl sites for hydroxylation is 1. The zero-order valence-electron chi connectivity index (χ0n) is 11.1. The maximum absolute atomic E-state index is 11.8. The lowest BCUT2D eigenvalue weighted by atomic mass is 10.3. The number of benzene rings is 2. The molecule has 0 atom stereocenters. The summed E-state index contributed by atoms with van der Waals surface area (Å²) in [7, 11) is 0. The fourth-order valence-electron chi connectivity index (χ4n) is 1.92. The third kappa shape index (κ3) is 3.68. The van der Waals surface area contributed by atoms with Crippen molar-refractivity contribution >= 4 is 43.5 Å². The highest BCUT2D eigenvalue weighted by Gasteiger charge is 2.08. The zero-order chi connectivity index (χ0) is 14.7. The third-order valence-corrected chi connectivity index (χ3v) is 4.55. The minimum Gasteiger partial charge on any atom is -0.427 e. The SMILES string of the molecule is O=C(CCc1nc2ccccc2s1)Oc1ccc(Br)cc1. The number of esters is 1. The van der Waals surface area contributed by atoms with Crippen LogP contribution in [0.4, 0.5) is 0 Å². The number of hydrogen-bond donors (Lipinski definition) is 0. The Hall–Kier alpha value is -1.72. The third-order valence-electron chi connectivity index (χ3n) is 2.93. The van der Waals surface area contributed by atoms with Crippen LogP contribution in [-0.2, 0) is 11.2 Å². The summed E-state index contributed by atoms with van der Waals surface area (Å²) in [4.78, 5) is 16.3. The lowest BCUT2D eigenvalue weighted by molar-refractivity contribution is -0.134. The van der Waals surface area contributed by atoms with Crippen LogP contribution in [0.2, 0.25) is 0 Å². The lowest BCUT2D eigenvalue weighted by Crippen LogP contribution is -2.08. The maximum Gasteiger partial charge on any atom is 0.311 e. The minimum absolute atomic E-state index is 0.239. The molecule has 0 N–H and O–H groups in total. The molecule has 0 aliphatic rings. The molecular formula is C16H12BrNO2S. The van der Waals surface area contributed by atoms with Crippen molar-refractivity contribution in [1.29, 1.82) is 0 Å². The molecule has 5 heteroatoms. The quantitative estimate of drug-likeness (QED) is 0.503. The van der Waals surface area contributed by atoms with E-state index in [1.807, 2.05) is 36.4 Å². The van der Waals surface area contributed by atoms with Gasteiger partial charge in [-0.3, -0.25) is 4.79 Å². The Balaban J connectivity index is 1.59. The van der Waals surface area contributed by atoms with Crippen molar-refractivity contribution in [1.82, 2.24) is 4.98 Å². The highest BCUT2D eigenvalue weighted by Crippen LogP contribution is 2.23. The fourth-order valence-corrected chi connectivity index (χ4v) is 3.15. The molecule has 1 heterocycles. The first-order valence-corrected chi connectivity index (χ1v) is 8.12. The van der Waals surface area contributed by atoms with E-state index in [0.29, 0.717) is 18.6 Å². The number of fused-ring (bicyclic) bond motifs is 1. The molecule has 3 rings (SSSR count). The first-order chi connectivity index (χ1) is 10.2. The predicted octanol–water partition coefficient (Wildman–Crippen LogP) is 4.60. The second kappa shape index (κ2) is 6.37. The van der Waals surface area contributed by atoms with Crippen LogP contribution in [0.25, 0.3) is 10.2 Å². The van der Waals surface area contributed by atoms with Gasteiger partial charge in [0.1, 0.15) is 5.75 Å². The van der Waals surface area contributed by atoms with E-state index >= 15 is 0 Å². The van der Waals surface area contributed by atoms with Gasteiger partial charge >= 0.3 is 5.97 Å². The number of carbonyl (C=O) groups is 1. The average molecular weight is 362 g/mol. The summed E-state index contributed by atoms with van der Waals surface area (Å²) in [5, 5.41) is 0.962. The number of nitrogens with zero attached hydrogens (tertiary/aromatic N) is 1. The Bertz CT molecular complexity index is 734. The number of thiazole rings is 1. The molecule has 0 unspecified atom stereocenters. The van der Waals surface area contributed by atoms with E-state index in [9.17, 15) is 4.79 Å². The number of rotatable bonds is 4. The summed E-state index contributed by atoms with van der Waals surface area (Å²) in [6, 6.07) is 15.2. The van der Waals surface area contributed by atoms with Gasteiger partial charge in [-0.25, -0.2) is 4.98 Å². The average Bonchev–Trinajstić information content (AvgIpc) is 2.90. The van der Waals surface area contributed by atoms with Gasteiger partial charge in [0.05, 0.1) is 21.6 Å². The monoisotopic (exact) mass is 361 g/mol. The highest BCUT2D eigenvalue weighted by atomic mass is 79.9. The van der Waals surface area contributed by atoms with Crippen LogP contribution < -0.4 is 4.74 Å². The van der Waals surface area contributed by atoms with E-state index in [0.717, 1.165) is 19.7 Å². The van der Waals surface area contributed by atoms with E-state index in [2.05, 4.69) is 20.9 Å². The van der Waals surface area contributed by atoms with Crippen LogP contribution in [0.15, 0.2) is 53.0 Å². The van der Waals surface area contributed by atoms with Gasteiger partial charge in [-0.05, 0) is 36.4 Å². The normalized spacial score (nSPS) is 10.7. The Morgan fingerprint density at radius 1 is 1.14 bits per heavy atom. The van der Waals surface area contributed by atoms with Crippen LogP contribution in [-0.4, -0.2) is 11.0 Å². The van der Waals surface area contributed by atoms with Gasteiger partial charge in [0.25, 0.3) is 0 Å². The van der Waals surface area contributed by atoms with Crippen LogP contribution in [0.1, 0.15) is 11.4 Å². The van der Waals surface area contributed by atoms with Crippen molar-refractivity contribution < 1.29 is 9.53 Å². The fraction of sp³-hybridized carbons (Fsp3) is 0.125. The molecule has 106 valence electrons. The molecule has 0 spiro atoms. The van der Waals surface area contributed by atoms with Gasteiger partial charge in [0, 0.05) is 10.9 Å². The van der Waals surface area contributed by atoms with Gasteiger partial charge in [0.2, 0.25) is 0 Å². The molecular weight excluding hydrogens is 350 g/mol. The molecule has 0 fully saturated rings. The summed E-state index contributed by atoms with van der Waals surface area (Å²) in [6.45, 7) is 0. The van der Waals surface area contributed by atoms with Gasteiger partial charge in [-0.15, -0.1) is 11.3 Å². The van der Waals surface area contributed by atoms with Gasteiger partial charge < -0.3 is 4.74 Å². The molecule has 0 bridgehead atoms. The molecule has 0 amide bonds. The zero-order valence-corrected chi connectivity index (χ0v) is 13.5. The highest BCUT2D eigenvalue weighted by molar-refractivity contribution is 9.10. The van der Waals surface area contributed by atoms with Crippen molar-refractivity contribution in [3.8, 4) is 5.75 Å². The summed E-state index contributed by atoms with van der Waals surface area (Å²) >= 11 is 4.96. The summed E-state index contributed by atoms with van der Waals surface area (Å²) in [6.07, 6.45) is 0.935. The number of carbonyl (C=O) groups excluding carboxylic acids is 1. The molecule has 3 aromatic rings. The Labute approximate surface area is 134 Å². The van der Waals surface area contributed by atoms with Crippen LogP contribution in [0.3, 0.4) is 0 Å². The minimum atomic E-state index is -0.239. The van der Waals surface area contributed by atoms with E-state index in [1.165, 1.54) is 0 Å². The van der Waals surface area contributed by atoms with E-state index in [4.69, 9.17) is 4.74 Å². The molecule has 21 heavy (non-hydrogen) atoms. The second-order valence-corrected chi connectivity index (χ2v) is 6.53. The maximum atomic E-state index is 11.8. The number of aromatic nitrogens is 1. The van der Waals surface area contributed by atoms with Gasteiger partial charge in [0.15, 0.2) is 0 Å². The molecule has 2 aromatic carbocycles. The van der Waals surface area contributed by atoms with Gasteiger partial charge in [-0.2, -0.15) is 0 Å². The second-order valence-electron chi connectivity index (χ2n) is 4.50. The van der Waals surface area contributed by atoms with E-state index in [1.54, 1.807) is 23.5 Å². The van der Waals surface area contributed by atoms with Crippen molar-refractivity contribution in [3.63, 3.8) is 0 Å². The van der Waals surface area contributed by atoms with Crippen LogP contribution in [0.5, 0.6) is 5.75 Å². The van der Waals surface area contributed by atoms with Crippen molar-refractivity contribution in [3.05, 3.63) is 58.0 Å². The summed E-state index contributed by atoms with van der Waals surface area (Å²) in [5.41, 5.74) is 0.985. The molecule has 3 nitrogen and oxygen atoms in total. The molecule has 0 radical (unpaired) electrons. The molecule has 0 saturated heterocycles. The molecule has 0 aliphatic carbocycles. The standard InChI is InChI=1S/C16H12BrNO2S/c17-11-5-7-12(8-6-11)20-16(19)10-9-15-18-13-3-1-2-4-14(13)21-15/h1-8H,9-10H2. The predicted molar refractivity (Wildman–Crippen MR) is 87.7 cm³/mol. The molecule has 1 aromatic heterocycles. The summed E-state index contributed by atoms with van der Waals surface area (Å²) < 4.78 is 7.38.